The zero-order chi connectivity index (χ0) is 22.6. The SMILES string of the molecule is N#Cc1ccc(-c2cccc(-c3cc(-c4ccc(Cl)cc4)nc(-c4ccccc4)n3)c2)cc1. The molecule has 33 heavy (non-hydrogen) atoms. The fraction of sp³-hybridized carbons (Fsp3) is 0. The van der Waals surface area contributed by atoms with Crippen LogP contribution in [0, 0.1) is 11.3 Å². The molecule has 1 aromatic heterocycles. The second-order valence-corrected chi connectivity index (χ2v) is 8.04. The van der Waals surface area contributed by atoms with Gasteiger partial charge in [0, 0.05) is 21.7 Å². The van der Waals surface area contributed by atoms with Crippen molar-refractivity contribution in [1.29, 1.82) is 5.26 Å². The van der Waals surface area contributed by atoms with Crippen molar-refractivity contribution in [3.8, 4) is 51.1 Å². The van der Waals surface area contributed by atoms with Gasteiger partial charge < -0.3 is 0 Å². The summed E-state index contributed by atoms with van der Waals surface area (Å²) in [5, 5.41) is 9.76. The van der Waals surface area contributed by atoms with E-state index >= 15 is 0 Å². The van der Waals surface area contributed by atoms with E-state index in [4.69, 9.17) is 26.8 Å². The van der Waals surface area contributed by atoms with Gasteiger partial charge in [0.15, 0.2) is 5.82 Å². The molecule has 0 amide bonds. The topological polar surface area (TPSA) is 49.6 Å². The molecule has 5 rings (SSSR count). The quantitative estimate of drug-likeness (QED) is 0.286. The molecule has 0 unspecified atom stereocenters. The van der Waals surface area contributed by atoms with Gasteiger partial charge in [0.25, 0.3) is 0 Å². The Kier molecular flexibility index (Phi) is 5.68. The third-order valence-electron chi connectivity index (χ3n) is 5.40. The Morgan fingerprint density at radius 2 is 1.15 bits per heavy atom. The molecule has 0 spiro atoms. The van der Waals surface area contributed by atoms with E-state index in [0.29, 0.717) is 16.4 Å². The first kappa shape index (κ1) is 20.6. The van der Waals surface area contributed by atoms with E-state index in [1.807, 2.05) is 91.0 Å². The van der Waals surface area contributed by atoms with Crippen LogP contribution in [0.15, 0.2) is 109 Å². The summed E-state index contributed by atoms with van der Waals surface area (Å²) in [7, 11) is 0. The Morgan fingerprint density at radius 1 is 0.545 bits per heavy atom. The van der Waals surface area contributed by atoms with Crippen molar-refractivity contribution in [3.63, 3.8) is 0 Å². The lowest BCUT2D eigenvalue weighted by Gasteiger charge is -2.11. The van der Waals surface area contributed by atoms with Gasteiger partial charge in [-0.1, -0.05) is 84.4 Å². The van der Waals surface area contributed by atoms with Gasteiger partial charge in [-0.25, -0.2) is 9.97 Å². The summed E-state index contributed by atoms with van der Waals surface area (Å²) in [6, 6.07) is 37.7. The molecule has 1 heterocycles. The standard InChI is InChI=1S/C29H18ClN3/c30-26-15-13-22(14-16-26)27-18-28(33-29(32-27)23-5-2-1-3-6-23)25-8-4-7-24(17-25)21-11-9-20(19-31)10-12-21/h1-18H. The van der Waals surface area contributed by atoms with Gasteiger partial charge in [-0.05, 0) is 47.5 Å². The molecule has 0 aliphatic carbocycles. The summed E-state index contributed by atoms with van der Waals surface area (Å²) in [5.41, 5.74) is 7.35. The Balaban J connectivity index is 1.63. The second-order valence-electron chi connectivity index (χ2n) is 7.60. The molecule has 4 heteroatoms. The molecule has 0 bridgehead atoms. The first-order chi connectivity index (χ1) is 16.2. The molecule has 0 fully saturated rings. The predicted octanol–water partition coefficient (Wildman–Crippen LogP) is 7.67. The van der Waals surface area contributed by atoms with Crippen molar-refractivity contribution in [1.82, 2.24) is 9.97 Å². The van der Waals surface area contributed by atoms with Gasteiger partial charge in [0.1, 0.15) is 0 Å². The highest BCUT2D eigenvalue weighted by Gasteiger charge is 2.11. The number of hydrogen-bond acceptors (Lipinski definition) is 3. The van der Waals surface area contributed by atoms with Crippen molar-refractivity contribution in [2.75, 3.05) is 0 Å². The van der Waals surface area contributed by atoms with Gasteiger partial charge in [-0.3, -0.25) is 0 Å². The normalized spacial score (nSPS) is 10.5. The largest absolute Gasteiger partial charge is 0.228 e. The first-order valence-electron chi connectivity index (χ1n) is 10.5. The van der Waals surface area contributed by atoms with Crippen LogP contribution in [0.1, 0.15) is 5.56 Å². The summed E-state index contributed by atoms with van der Waals surface area (Å²) in [4.78, 5) is 9.74. The molecule has 0 aliphatic heterocycles. The maximum absolute atomic E-state index is 9.08. The summed E-state index contributed by atoms with van der Waals surface area (Å²) >= 11 is 6.10. The summed E-state index contributed by atoms with van der Waals surface area (Å²) in [6.45, 7) is 0. The molecule has 4 aromatic carbocycles. The number of benzene rings is 4. The Labute approximate surface area is 197 Å². The fourth-order valence-corrected chi connectivity index (χ4v) is 3.80. The molecule has 0 saturated heterocycles. The van der Waals surface area contributed by atoms with Crippen molar-refractivity contribution in [2.24, 2.45) is 0 Å². The summed E-state index contributed by atoms with van der Waals surface area (Å²) in [5.74, 6) is 0.668. The second kappa shape index (κ2) is 9.08. The maximum Gasteiger partial charge on any atom is 0.160 e. The van der Waals surface area contributed by atoms with Crippen LogP contribution in [-0.2, 0) is 0 Å². The molecular formula is C29H18ClN3. The van der Waals surface area contributed by atoms with Crippen molar-refractivity contribution < 1.29 is 0 Å². The average Bonchev–Trinajstić information content (AvgIpc) is 2.89. The van der Waals surface area contributed by atoms with Gasteiger partial charge >= 0.3 is 0 Å². The Morgan fingerprint density at radius 3 is 1.85 bits per heavy atom. The molecule has 156 valence electrons. The maximum atomic E-state index is 9.08. The number of aromatic nitrogens is 2. The highest BCUT2D eigenvalue weighted by molar-refractivity contribution is 6.30. The molecular weight excluding hydrogens is 426 g/mol. The average molecular weight is 444 g/mol. The van der Waals surface area contributed by atoms with Crippen LogP contribution in [0.4, 0.5) is 0 Å². The summed E-state index contributed by atoms with van der Waals surface area (Å²) in [6.07, 6.45) is 0. The van der Waals surface area contributed by atoms with Crippen molar-refractivity contribution in [3.05, 3.63) is 120 Å². The lowest BCUT2D eigenvalue weighted by Crippen LogP contribution is -1.96. The number of rotatable bonds is 4. The van der Waals surface area contributed by atoms with Crippen LogP contribution in [0.3, 0.4) is 0 Å². The van der Waals surface area contributed by atoms with Crippen LogP contribution in [0.5, 0.6) is 0 Å². The van der Waals surface area contributed by atoms with E-state index in [0.717, 1.165) is 39.2 Å². The third-order valence-corrected chi connectivity index (χ3v) is 5.66. The molecule has 0 aliphatic rings. The van der Waals surface area contributed by atoms with E-state index in [9.17, 15) is 0 Å². The molecule has 5 aromatic rings. The number of hydrogen-bond donors (Lipinski definition) is 0. The molecule has 0 N–H and O–H groups in total. The monoisotopic (exact) mass is 443 g/mol. The number of nitriles is 1. The lowest BCUT2D eigenvalue weighted by molar-refractivity contribution is 1.18. The molecule has 0 saturated carbocycles. The minimum atomic E-state index is 0.644. The Hall–Kier alpha value is -4.26. The van der Waals surface area contributed by atoms with Gasteiger partial charge in [-0.2, -0.15) is 5.26 Å². The minimum absolute atomic E-state index is 0.644. The zero-order valence-electron chi connectivity index (χ0n) is 17.6. The van der Waals surface area contributed by atoms with E-state index in [1.165, 1.54) is 0 Å². The smallest absolute Gasteiger partial charge is 0.160 e. The first-order valence-corrected chi connectivity index (χ1v) is 10.9. The zero-order valence-corrected chi connectivity index (χ0v) is 18.4. The fourth-order valence-electron chi connectivity index (χ4n) is 3.68. The highest BCUT2D eigenvalue weighted by atomic mass is 35.5. The molecule has 3 nitrogen and oxygen atoms in total. The van der Waals surface area contributed by atoms with Crippen LogP contribution in [0.25, 0.3) is 45.0 Å². The van der Waals surface area contributed by atoms with Crippen molar-refractivity contribution in [2.45, 2.75) is 0 Å². The van der Waals surface area contributed by atoms with Gasteiger partial charge in [0.2, 0.25) is 0 Å². The Bertz CT molecular complexity index is 1450. The van der Waals surface area contributed by atoms with E-state index in [2.05, 4.69) is 24.3 Å². The minimum Gasteiger partial charge on any atom is -0.228 e. The van der Waals surface area contributed by atoms with Crippen LogP contribution in [-0.4, -0.2) is 9.97 Å². The number of halogens is 1. The molecule has 0 atom stereocenters. The summed E-state index contributed by atoms with van der Waals surface area (Å²) < 4.78 is 0. The lowest BCUT2D eigenvalue weighted by atomic mass is 10.00. The van der Waals surface area contributed by atoms with E-state index in [1.54, 1.807) is 0 Å². The number of nitrogens with zero attached hydrogens (tertiary/aromatic N) is 3. The van der Waals surface area contributed by atoms with Crippen LogP contribution in [0.2, 0.25) is 5.02 Å². The predicted molar refractivity (Wildman–Crippen MR) is 134 cm³/mol. The highest BCUT2D eigenvalue weighted by Crippen LogP contribution is 2.30. The third kappa shape index (κ3) is 4.52. The van der Waals surface area contributed by atoms with Crippen LogP contribution >= 0.6 is 11.6 Å². The van der Waals surface area contributed by atoms with E-state index < -0.39 is 0 Å². The van der Waals surface area contributed by atoms with Crippen LogP contribution < -0.4 is 0 Å². The van der Waals surface area contributed by atoms with Gasteiger partial charge in [-0.15, -0.1) is 0 Å². The molecule has 0 radical (unpaired) electrons. The van der Waals surface area contributed by atoms with Crippen molar-refractivity contribution >= 4 is 11.6 Å². The van der Waals surface area contributed by atoms with Gasteiger partial charge in [0.05, 0.1) is 23.0 Å². The van der Waals surface area contributed by atoms with E-state index in [-0.39, 0.29) is 0 Å².